The van der Waals surface area contributed by atoms with Gasteiger partial charge in [-0.2, -0.15) is 0 Å². The molecule has 0 aliphatic rings. The van der Waals surface area contributed by atoms with Gasteiger partial charge in [0.1, 0.15) is 0 Å². The predicted molar refractivity (Wildman–Crippen MR) is 37.8 cm³/mol. The summed E-state index contributed by atoms with van der Waals surface area (Å²) in [5.41, 5.74) is 4.89. The van der Waals surface area contributed by atoms with Crippen molar-refractivity contribution >= 4 is 5.91 Å². The van der Waals surface area contributed by atoms with E-state index < -0.39 is 0 Å². The van der Waals surface area contributed by atoms with Gasteiger partial charge in [0.2, 0.25) is 5.91 Å². The Hall–Kier alpha value is -0.790. The van der Waals surface area contributed by atoms with Crippen LogP contribution in [-0.2, 0) is 4.79 Å². The Labute approximate surface area is 55.7 Å². The fourth-order valence-electron chi connectivity index (χ4n) is 0.456. The van der Waals surface area contributed by atoms with Gasteiger partial charge >= 0.3 is 0 Å². The minimum absolute atomic E-state index is 0.271. The maximum Gasteiger partial charge on any atom is 0.221 e. The molecule has 0 aromatic carbocycles. The molecule has 0 aromatic rings. The summed E-state index contributed by atoms with van der Waals surface area (Å²) < 4.78 is 0. The summed E-state index contributed by atoms with van der Waals surface area (Å²) in [6.07, 6.45) is 4.12. The molecule has 0 aromatic heterocycles. The van der Waals surface area contributed by atoms with Crippen LogP contribution in [0.4, 0.5) is 0 Å². The van der Waals surface area contributed by atoms with Crippen LogP contribution in [0.5, 0.6) is 0 Å². The van der Waals surface area contributed by atoms with E-state index in [2.05, 4.69) is 13.8 Å². The second-order valence-electron chi connectivity index (χ2n) is 2.34. The van der Waals surface area contributed by atoms with Crippen molar-refractivity contribution in [2.45, 2.75) is 20.3 Å². The Morgan fingerprint density at radius 1 is 1.67 bits per heavy atom. The van der Waals surface area contributed by atoms with E-state index in [0.29, 0.717) is 12.3 Å². The van der Waals surface area contributed by atoms with E-state index in [1.807, 2.05) is 6.08 Å². The highest BCUT2D eigenvalue weighted by Gasteiger charge is 1.87. The average molecular weight is 127 g/mol. The Morgan fingerprint density at radius 3 is 2.56 bits per heavy atom. The lowest BCUT2D eigenvalue weighted by Crippen LogP contribution is -2.08. The summed E-state index contributed by atoms with van der Waals surface area (Å²) in [7, 11) is 0. The quantitative estimate of drug-likeness (QED) is 0.566. The SMILES string of the molecule is CC(C)C=CCC(N)=O. The van der Waals surface area contributed by atoms with E-state index in [-0.39, 0.29) is 5.91 Å². The van der Waals surface area contributed by atoms with E-state index >= 15 is 0 Å². The lowest BCUT2D eigenvalue weighted by molar-refractivity contribution is -0.117. The van der Waals surface area contributed by atoms with Crippen LogP contribution >= 0.6 is 0 Å². The van der Waals surface area contributed by atoms with Crippen molar-refractivity contribution in [3.63, 3.8) is 0 Å². The molecular weight excluding hydrogens is 114 g/mol. The number of hydrogen-bond acceptors (Lipinski definition) is 1. The Kier molecular flexibility index (Phi) is 3.76. The average Bonchev–Trinajstić information content (AvgIpc) is 1.63. The number of allylic oxidation sites excluding steroid dienone is 1. The first kappa shape index (κ1) is 8.21. The molecule has 0 saturated heterocycles. The largest absolute Gasteiger partial charge is 0.369 e. The zero-order valence-corrected chi connectivity index (χ0v) is 5.92. The number of nitrogens with two attached hydrogens (primary N) is 1. The van der Waals surface area contributed by atoms with Gasteiger partial charge in [0, 0.05) is 6.42 Å². The Balaban J connectivity index is 3.36. The third-order valence-electron chi connectivity index (χ3n) is 0.840. The van der Waals surface area contributed by atoms with Gasteiger partial charge in [-0.15, -0.1) is 0 Å². The predicted octanol–water partition coefficient (Wildman–Crippen LogP) is 1.07. The number of hydrogen-bond donors (Lipinski definition) is 1. The fourth-order valence-corrected chi connectivity index (χ4v) is 0.456. The molecule has 1 amide bonds. The first-order valence-corrected chi connectivity index (χ1v) is 3.08. The molecule has 0 spiro atoms. The van der Waals surface area contributed by atoms with Gasteiger partial charge in [0.05, 0.1) is 0 Å². The minimum Gasteiger partial charge on any atom is -0.369 e. The molecule has 0 bridgehead atoms. The number of carbonyl (C=O) groups excluding carboxylic acids is 1. The molecule has 9 heavy (non-hydrogen) atoms. The van der Waals surface area contributed by atoms with Gasteiger partial charge in [0.25, 0.3) is 0 Å². The number of rotatable bonds is 3. The van der Waals surface area contributed by atoms with Crippen molar-refractivity contribution in [3.8, 4) is 0 Å². The molecule has 0 saturated carbocycles. The molecule has 0 aliphatic heterocycles. The van der Waals surface area contributed by atoms with Crippen LogP contribution in [0.1, 0.15) is 20.3 Å². The van der Waals surface area contributed by atoms with Crippen LogP contribution in [-0.4, -0.2) is 5.91 Å². The van der Waals surface area contributed by atoms with E-state index in [4.69, 9.17) is 5.73 Å². The van der Waals surface area contributed by atoms with Crippen LogP contribution in [0.25, 0.3) is 0 Å². The number of amides is 1. The van der Waals surface area contributed by atoms with Crippen LogP contribution < -0.4 is 5.73 Å². The van der Waals surface area contributed by atoms with Gasteiger partial charge in [-0.25, -0.2) is 0 Å². The molecule has 0 heterocycles. The molecular formula is C7H13NO. The monoisotopic (exact) mass is 127 g/mol. The Bertz CT molecular complexity index is 116. The van der Waals surface area contributed by atoms with Crippen molar-refractivity contribution in [1.29, 1.82) is 0 Å². The molecule has 2 nitrogen and oxygen atoms in total. The summed E-state index contributed by atoms with van der Waals surface area (Å²) >= 11 is 0. The molecule has 0 atom stereocenters. The first-order chi connectivity index (χ1) is 4.13. The molecule has 0 unspecified atom stereocenters. The van der Waals surface area contributed by atoms with E-state index in [0.717, 1.165) is 0 Å². The lowest BCUT2D eigenvalue weighted by Gasteiger charge is -1.90. The number of primary amides is 1. The van der Waals surface area contributed by atoms with Crippen LogP contribution in [0.3, 0.4) is 0 Å². The van der Waals surface area contributed by atoms with Gasteiger partial charge in [0.15, 0.2) is 0 Å². The summed E-state index contributed by atoms with van der Waals surface area (Å²) in [5.74, 6) is 0.233. The van der Waals surface area contributed by atoms with Crippen LogP contribution in [0, 0.1) is 5.92 Å². The van der Waals surface area contributed by atoms with Crippen molar-refractivity contribution in [3.05, 3.63) is 12.2 Å². The van der Waals surface area contributed by atoms with Crippen LogP contribution in [0.2, 0.25) is 0 Å². The fraction of sp³-hybridized carbons (Fsp3) is 0.571. The molecule has 0 aliphatic carbocycles. The summed E-state index contributed by atoms with van der Waals surface area (Å²) in [4.78, 5) is 10.2. The van der Waals surface area contributed by atoms with Gasteiger partial charge in [-0.3, -0.25) is 4.79 Å². The van der Waals surface area contributed by atoms with E-state index in [1.165, 1.54) is 0 Å². The van der Waals surface area contributed by atoms with E-state index in [9.17, 15) is 4.79 Å². The first-order valence-electron chi connectivity index (χ1n) is 3.08. The van der Waals surface area contributed by atoms with Crippen molar-refractivity contribution in [2.75, 3.05) is 0 Å². The maximum atomic E-state index is 10.2. The highest BCUT2D eigenvalue weighted by molar-refractivity contribution is 5.75. The minimum atomic E-state index is -0.271. The third kappa shape index (κ3) is 7.21. The smallest absolute Gasteiger partial charge is 0.221 e. The number of carbonyl (C=O) groups is 1. The van der Waals surface area contributed by atoms with Gasteiger partial charge in [-0.1, -0.05) is 26.0 Å². The summed E-state index contributed by atoms with van der Waals surface area (Å²) in [6.45, 7) is 4.11. The van der Waals surface area contributed by atoms with Crippen molar-refractivity contribution in [1.82, 2.24) is 0 Å². The summed E-state index contributed by atoms with van der Waals surface area (Å²) in [6, 6.07) is 0. The Morgan fingerprint density at radius 2 is 2.22 bits per heavy atom. The lowest BCUT2D eigenvalue weighted by atomic mass is 10.2. The van der Waals surface area contributed by atoms with Crippen molar-refractivity contribution < 1.29 is 4.79 Å². The standard InChI is InChI=1S/C7H13NO/c1-6(2)4-3-5-7(8)9/h3-4,6H,5H2,1-2H3,(H2,8,9). The highest BCUT2D eigenvalue weighted by atomic mass is 16.1. The van der Waals surface area contributed by atoms with E-state index in [1.54, 1.807) is 6.08 Å². The topological polar surface area (TPSA) is 43.1 Å². The molecule has 0 fully saturated rings. The third-order valence-corrected chi connectivity index (χ3v) is 0.840. The highest BCUT2D eigenvalue weighted by Crippen LogP contribution is 1.93. The normalized spacial score (nSPS) is 11.0. The van der Waals surface area contributed by atoms with Crippen molar-refractivity contribution in [2.24, 2.45) is 11.7 Å². The second kappa shape index (κ2) is 4.13. The second-order valence-corrected chi connectivity index (χ2v) is 2.34. The molecule has 2 N–H and O–H groups in total. The van der Waals surface area contributed by atoms with Crippen LogP contribution in [0.15, 0.2) is 12.2 Å². The van der Waals surface area contributed by atoms with Gasteiger partial charge in [-0.05, 0) is 5.92 Å². The molecule has 52 valence electrons. The molecule has 0 rings (SSSR count). The zero-order chi connectivity index (χ0) is 7.28. The summed E-state index contributed by atoms with van der Waals surface area (Å²) in [5, 5.41) is 0. The molecule has 2 heteroatoms. The molecule has 0 radical (unpaired) electrons. The zero-order valence-electron chi connectivity index (χ0n) is 5.92. The maximum absolute atomic E-state index is 10.2. The van der Waals surface area contributed by atoms with Gasteiger partial charge < -0.3 is 5.73 Å².